The van der Waals surface area contributed by atoms with Gasteiger partial charge in [-0.25, -0.2) is 9.97 Å². The van der Waals surface area contributed by atoms with Crippen LogP contribution in [0.3, 0.4) is 0 Å². The zero-order chi connectivity index (χ0) is 14.6. The van der Waals surface area contributed by atoms with Gasteiger partial charge in [0.2, 0.25) is 5.91 Å². The minimum absolute atomic E-state index is 0.114. The quantitative estimate of drug-likeness (QED) is 0.875. The van der Waals surface area contributed by atoms with E-state index in [-0.39, 0.29) is 17.9 Å². The summed E-state index contributed by atoms with van der Waals surface area (Å²) >= 11 is 1.67. The SMILES string of the molecule is Cc1nc(N2CCC[C@H]3C(=O)NC[C@H]32)c2c(C)csc2n1. The van der Waals surface area contributed by atoms with Crippen molar-refractivity contribution in [3.63, 3.8) is 0 Å². The summed E-state index contributed by atoms with van der Waals surface area (Å²) in [5.41, 5.74) is 1.23. The van der Waals surface area contributed by atoms with E-state index in [0.717, 1.165) is 47.8 Å². The molecule has 4 heterocycles. The lowest BCUT2D eigenvalue weighted by atomic mass is 9.91. The largest absolute Gasteiger partial charge is 0.354 e. The Bertz CT molecular complexity index is 726. The number of nitrogens with one attached hydrogen (secondary N) is 1. The van der Waals surface area contributed by atoms with Crippen molar-refractivity contribution in [2.45, 2.75) is 32.7 Å². The van der Waals surface area contributed by atoms with Crippen LogP contribution in [-0.2, 0) is 4.79 Å². The molecule has 5 nitrogen and oxygen atoms in total. The Morgan fingerprint density at radius 2 is 2.24 bits per heavy atom. The number of anilines is 1. The molecule has 110 valence electrons. The van der Waals surface area contributed by atoms with Crippen LogP contribution in [0.15, 0.2) is 5.38 Å². The number of hydrogen-bond acceptors (Lipinski definition) is 5. The Labute approximate surface area is 127 Å². The van der Waals surface area contributed by atoms with Crippen molar-refractivity contribution in [2.24, 2.45) is 5.92 Å². The highest BCUT2D eigenvalue weighted by molar-refractivity contribution is 7.17. The van der Waals surface area contributed by atoms with Gasteiger partial charge >= 0.3 is 0 Å². The number of nitrogens with zero attached hydrogens (tertiary/aromatic N) is 3. The van der Waals surface area contributed by atoms with Gasteiger partial charge in [0.1, 0.15) is 16.5 Å². The predicted molar refractivity (Wildman–Crippen MR) is 83.8 cm³/mol. The summed E-state index contributed by atoms with van der Waals surface area (Å²) in [7, 11) is 0. The molecule has 1 amide bonds. The van der Waals surface area contributed by atoms with Gasteiger partial charge in [-0.2, -0.15) is 0 Å². The third-order valence-corrected chi connectivity index (χ3v) is 5.57. The molecule has 6 heteroatoms. The van der Waals surface area contributed by atoms with Crippen LogP contribution in [-0.4, -0.2) is 35.0 Å². The highest BCUT2D eigenvalue weighted by atomic mass is 32.1. The van der Waals surface area contributed by atoms with Gasteiger partial charge < -0.3 is 10.2 Å². The lowest BCUT2D eigenvalue weighted by Crippen LogP contribution is -2.46. The van der Waals surface area contributed by atoms with Crippen LogP contribution in [0.25, 0.3) is 10.2 Å². The van der Waals surface area contributed by atoms with Crippen LogP contribution < -0.4 is 10.2 Å². The number of aryl methyl sites for hydroxylation is 2. The molecule has 0 saturated carbocycles. The number of aromatic nitrogens is 2. The monoisotopic (exact) mass is 302 g/mol. The van der Waals surface area contributed by atoms with Crippen LogP contribution in [0.1, 0.15) is 24.2 Å². The third kappa shape index (κ3) is 1.92. The van der Waals surface area contributed by atoms with Crippen molar-refractivity contribution < 1.29 is 4.79 Å². The molecule has 0 radical (unpaired) electrons. The average Bonchev–Trinajstić information content (AvgIpc) is 3.02. The molecule has 2 aromatic rings. The van der Waals surface area contributed by atoms with E-state index in [2.05, 4.69) is 27.5 Å². The molecule has 1 N–H and O–H groups in total. The maximum absolute atomic E-state index is 12.0. The minimum Gasteiger partial charge on any atom is -0.354 e. The average molecular weight is 302 g/mol. The normalized spacial score (nSPS) is 25.2. The molecule has 0 bridgehead atoms. The van der Waals surface area contributed by atoms with Crippen molar-refractivity contribution in [3.8, 4) is 0 Å². The van der Waals surface area contributed by atoms with E-state index in [1.165, 1.54) is 5.56 Å². The number of amides is 1. The Morgan fingerprint density at radius 3 is 3.10 bits per heavy atom. The number of hydrogen-bond donors (Lipinski definition) is 1. The van der Waals surface area contributed by atoms with E-state index >= 15 is 0 Å². The van der Waals surface area contributed by atoms with Crippen LogP contribution in [0.2, 0.25) is 0 Å². The molecule has 0 aliphatic carbocycles. The second-order valence-corrected chi connectivity index (χ2v) is 6.81. The van der Waals surface area contributed by atoms with Gasteiger partial charge in [-0.3, -0.25) is 4.79 Å². The molecule has 0 spiro atoms. The molecular formula is C15H18N4OS. The van der Waals surface area contributed by atoms with Gasteiger partial charge in [-0.15, -0.1) is 11.3 Å². The van der Waals surface area contributed by atoms with Gasteiger partial charge in [0, 0.05) is 13.1 Å². The van der Waals surface area contributed by atoms with Gasteiger partial charge in [-0.1, -0.05) is 0 Å². The molecule has 21 heavy (non-hydrogen) atoms. The van der Waals surface area contributed by atoms with Gasteiger partial charge in [0.05, 0.1) is 17.3 Å². The minimum atomic E-state index is 0.114. The molecule has 2 saturated heterocycles. The van der Waals surface area contributed by atoms with E-state index in [4.69, 9.17) is 4.98 Å². The fourth-order valence-corrected chi connectivity index (χ4v) is 4.55. The van der Waals surface area contributed by atoms with E-state index in [0.29, 0.717) is 0 Å². The molecule has 2 aliphatic heterocycles. The Kier molecular flexibility index (Phi) is 2.89. The van der Waals surface area contributed by atoms with E-state index in [1.54, 1.807) is 11.3 Å². The first-order valence-corrected chi connectivity index (χ1v) is 8.30. The van der Waals surface area contributed by atoms with Gasteiger partial charge in [0.15, 0.2) is 0 Å². The van der Waals surface area contributed by atoms with Crippen molar-refractivity contribution in [3.05, 3.63) is 16.8 Å². The maximum Gasteiger partial charge on any atom is 0.225 e. The van der Waals surface area contributed by atoms with Crippen molar-refractivity contribution in [2.75, 3.05) is 18.0 Å². The fraction of sp³-hybridized carbons (Fsp3) is 0.533. The summed E-state index contributed by atoms with van der Waals surface area (Å²) in [6.07, 6.45) is 2.03. The lowest BCUT2D eigenvalue weighted by molar-refractivity contribution is -0.122. The zero-order valence-corrected chi connectivity index (χ0v) is 13.0. The zero-order valence-electron chi connectivity index (χ0n) is 12.2. The maximum atomic E-state index is 12.0. The standard InChI is InChI=1S/C15H18N4OS/c1-8-7-21-15-12(8)13(17-9(2)18-15)19-5-3-4-10-11(19)6-16-14(10)20/h7,10-11H,3-6H2,1-2H3,(H,16,20)/t10-,11-/m1/s1. The van der Waals surface area contributed by atoms with Crippen LogP contribution in [0.5, 0.6) is 0 Å². The number of rotatable bonds is 1. The second kappa shape index (κ2) is 4.66. The summed E-state index contributed by atoms with van der Waals surface area (Å²) in [6.45, 7) is 5.76. The predicted octanol–water partition coefficient (Wildman–Crippen LogP) is 2.02. The number of thiophene rings is 1. The van der Waals surface area contributed by atoms with Crippen LogP contribution in [0, 0.1) is 19.8 Å². The highest BCUT2D eigenvalue weighted by Gasteiger charge is 2.41. The molecule has 2 atom stereocenters. The van der Waals surface area contributed by atoms with Crippen LogP contribution in [0.4, 0.5) is 5.82 Å². The van der Waals surface area contributed by atoms with Gasteiger partial charge in [-0.05, 0) is 37.6 Å². The number of carbonyl (C=O) groups excluding carboxylic acids is 1. The Hall–Kier alpha value is -1.69. The fourth-order valence-electron chi connectivity index (χ4n) is 3.59. The number of carbonyl (C=O) groups is 1. The molecule has 4 rings (SSSR count). The molecular weight excluding hydrogens is 284 g/mol. The second-order valence-electron chi connectivity index (χ2n) is 5.95. The first-order valence-electron chi connectivity index (χ1n) is 7.42. The first-order chi connectivity index (χ1) is 10.1. The van der Waals surface area contributed by atoms with E-state index in [1.807, 2.05) is 6.92 Å². The summed E-state index contributed by atoms with van der Waals surface area (Å²) in [5.74, 6) is 2.14. The molecule has 2 fully saturated rings. The summed E-state index contributed by atoms with van der Waals surface area (Å²) in [5, 5.41) is 6.31. The molecule has 0 aromatic carbocycles. The molecule has 0 unspecified atom stereocenters. The first kappa shape index (κ1) is 13.0. The topological polar surface area (TPSA) is 58.1 Å². The van der Waals surface area contributed by atoms with Crippen molar-refractivity contribution in [1.82, 2.24) is 15.3 Å². The van der Waals surface area contributed by atoms with Crippen molar-refractivity contribution >= 4 is 33.3 Å². The van der Waals surface area contributed by atoms with Crippen LogP contribution >= 0.6 is 11.3 Å². The van der Waals surface area contributed by atoms with E-state index < -0.39 is 0 Å². The number of piperidine rings is 1. The van der Waals surface area contributed by atoms with Gasteiger partial charge in [0.25, 0.3) is 0 Å². The Balaban J connectivity index is 1.85. The third-order valence-electron chi connectivity index (χ3n) is 4.58. The molecule has 2 aromatic heterocycles. The summed E-state index contributed by atoms with van der Waals surface area (Å²) in [6, 6.07) is 0.239. The van der Waals surface area contributed by atoms with E-state index in [9.17, 15) is 4.79 Å². The smallest absolute Gasteiger partial charge is 0.225 e. The summed E-state index contributed by atoms with van der Waals surface area (Å²) < 4.78 is 0. The Morgan fingerprint density at radius 1 is 1.38 bits per heavy atom. The lowest BCUT2D eigenvalue weighted by Gasteiger charge is -2.37. The van der Waals surface area contributed by atoms with Crippen molar-refractivity contribution in [1.29, 1.82) is 0 Å². The summed E-state index contributed by atoms with van der Waals surface area (Å²) in [4.78, 5) is 24.6. The highest BCUT2D eigenvalue weighted by Crippen LogP contribution is 2.37. The molecule has 2 aliphatic rings. The number of fused-ring (bicyclic) bond motifs is 2.